The Bertz CT molecular complexity index is 187. The van der Waals surface area contributed by atoms with Gasteiger partial charge in [0, 0.05) is 6.04 Å². The molecule has 0 bridgehead atoms. The molecule has 4 nitrogen and oxygen atoms in total. The molecule has 0 aliphatic heterocycles. The monoisotopic (exact) mass is 152 g/mol. The second kappa shape index (κ2) is 3.24. The fourth-order valence-corrected chi connectivity index (χ4v) is 1.49. The van der Waals surface area contributed by atoms with E-state index in [-0.39, 0.29) is 12.0 Å². The van der Waals surface area contributed by atoms with Crippen molar-refractivity contribution in [2.24, 2.45) is 5.73 Å². The predicted molar refractivity (Wildman–Crippen MR) is 41.6 cm³/mol. The maximum atomic E-state index is 8.61. The van der Waals surface area contributed by atoms with Crippen LogP contribution in [0.25, 0.3) is 0 Å². The van der Waals surface area contributed by atoms with Gasteiger partial charge in [0.2, 0.25) is 5.96 Å². The highest BCUT2D eigenvalue weighted by molar-refractivity contribution is 5.76. The number of nitrogens with zero attached hydrogens (tertiary/aromatic N) is 2. The first-order valence-corrected chi connectivity index (χ1v) is 3.78. The molecule has 0 radical (unpaired) electrons. The summed E-state index contributed by atoms with van der Waals surface area (Å²) in [5, 5.41) is 15.7. The SMILES string of the molecule is N#CN(C(=N)N)C1CCCC1. The van der Waals surface area contributed by atoms with Crippen LogP contribution in [-0.4, -0.2) is 16.9 Å². The molecule has 3 N–H and O–H groups in total. The van der Waals surface area contributed by atoms with Gasteiger partial charge in [-0.15, -0.1) is 0 Å². The third-order valence-corrected chi connectivity index (χ3v) is 2.06. The molecule has 60 valence electrons. The second-order valence-electron chi connectivity index (χ2n) is 2.79. The molecule has 0 aromatic heterocycles. The van der Waals surface area contributed by atoms with Crippen LogP contribution in [0.2, 0.25) is 0 Å². The van der Waals surface area contributed by atoms with Gasteiger partial charge in [0.1, 0.15) is 0 Å². The lowest BCUT2D eigenvalue weighted by molar-refractivity contribution is 0.414. The fraction of sp³-hybridized carbons (Fsp3) is 0.714. The van der Waals surface area contributed by atoms with Crippen molar-refractivity contribution in [3.63, 3.8) is 0 Å². The van der Waals surface area contributed by atoms with Crippen molar-refractivity contribution in [1.82, 2.24) is 4.90 Å². The molecule has 0 aromatic carbocycles. The van der Waals surface area contributed by atoms with Crippen LogP contribution in [0.1, 0.15) is 25.7 Å². The van der Waals surface area contributed by atoms with Crippen molar-refractivity contribution in [2.45, 2.75) is 31.7 Å². The zero-order chi connectivity index (χ0) is 8.27. The average molecular weight is 152 g/mol. The highest BCUT2D eigenvalue weighted by Crippen LogP contribution is 2.22. The molecule has 0 heterocycles. The van der Waals surface area contributed by atoms with Crippen molar-refractivity contribution in [2.75, 3.05) is 0 Å². The average Bonchev–Trinajstić information content (AvgIpc) is 2.40. The number of nitriles is 1. The lowest BCUT2D eigenvalue weighted by atomic mass is 10.2. The molecule has 0 aromatic rings. The first-order valence-electron chi connectivity index (χ1n) is 3.78. The van der Waals surface area contributed by atoms with Crippen LogP contribution < -0.4 is 5.73 Å². The molecule has 0 saturated heterocycles. The van der Waals surface area contributed by atoms with Gasteiger partial charge in [0.15, 0.2) is 6.19 Å². The standard InChI is InChI=1S/C7H12N4/c8-5-11(7(9)10)6-3-1-2-4-6/h6H,1-4H2,(H3,9,10). The van der Waals surface area contributed by atoms with E-state index in [1.807, 2.05) is 6.19 Å². The number of hydrogen-bond acceptors (Lipinski definition) is 2. The van der Waals surface area contributed by atoms with Crippen LogP contribution in [0.5, 0.6) is 0 Å². The second-order valence-corrected chi connectivity index (χ2v) is 2.79. The summed E-state index contributed by atoms with van der Waals surface area (Å²) in [4.78, 5) is 1.30. The third-order valence-electron chi connectivity index (χ3n) is 2.06. The van der Waals surface area contributed by atoms with Gasteiger partial charge in [0.25, 0.3) is 0 Å². The van der Waals surface area contributed by atoms with Crippen molar-refractivity contribution < 1.29 is 0 Å². The Hall–Kier alpha value is -1.24. The van der Waals surface area contributed by atoms with Crippen molar-refractivity contribution in [1.29, 1.82) is 10.7 Å². The van der Waals surface area contributed by atoms with Crippen LogP contribution in [0.15, 0.2) is 0 Å². The molecule has 1 fully saturated rings. The number of nitrogens with two attached hydrogens (primary N) is 1. The van der Waals surface area contributed by atoms with Crippen LogP contribution in [0.4, 0.5) is 0 Å². The molecule has 0 spiro atoms. The Balaban J connectivity index is 2.55. The summed E-state index contributed by atoms with van der Waals surface area (Å²) in [6, 6.07) is 0.192. The Labute approximate surface area is 66.1 Å². The lowest BCUT2D eigenvalue weighted by Gasteiger charge is -2.19. The van der Waals surface area contributed by atoms with Gasteiger partial charge in [-0.1, -0.05) is 12.8 Å². The Morgan fingerprint density at radius 3 is 2.45 bits per heavy atom. The quantitative estimate of drug-likeness (QED) is 0.250. The van der Waals surface area contributed by atoms with E-state index in [0.29, 0.717) is 0 Å². The van der Waals surface area contributed by atoms with Crippen LogP contribution in [-0.2, 0) is 0 Å². The maximum Gasteiger partial charge on any atom is 0.202 e. The number of rotatable bonds is 1. The van der Waals surface area contributed by atoms with E-state index in [1.54, 1.807) is 0 Å². The van der Waals surface area contributed by atoms with Crippen molar-refractivity contribution in [3.05, 3.63) is 0 Å². The van der Waals surface area contributed by atoms with Crippen molar-refractivity contribution >= 4 is 5.96 Å². The zero-order valence-electron chi connectivity index (χ0n) is 6.38. The molecule has 0 atom stereocenters. The Morgan fingerprint density at radius 1 is 1.55 bits per heavy atom. The first kappa shape index (κ1) is 7.86. The minimum absolute atomic E-state index is 0.126. The molecule has 1 aliphatic carbocycles. The summed E-state index contributed by atoms with van der Waals surface area (Å²) >= 11 is 0. The van der Waals surface area contributed by atoms with E-state index in [4.69, 9.17) is 16.4 Å². The number of nitrogens with one attached hydrogen (secondary N) is 1. The van der Waals surface area contributed by atoms with E-state index >= 15 is 0 Å². The van der Waals surface area contributed by atoms with E-state index in [9.17, 15) is 0 Å². The Kier molecular flexibility index (Phi) is 2.32. The fourth-order valence-electron chi connectivity index (χ4n) is 1.49. The molecule has 1 saturated carbocycles. The third kappa shape index (κ3) is 1.61. The van der Waals surface area contributed by atoms with Crippen LogP contribution in [0.3, 0.4) is 0 Å². The number of hydrogen-bond donors (Lipinski definition) is 2. The molecular weight excluding hydrogens is 140 g/mol. The summed E-state index contributed by atoms with van der Waals surface area (Å²) in [7, 11) is 0. The van der Waals surface area contributed by atoms with Gasteiger partial charge in [0.05, 0.1) is 0 Å². The van der Waals surface area contributed by atoms with Gasteiger partial charge in [-0.25, -0.2) is 4.90 Å². The molecule has 1 aliphatic rings. The van der Waals surface area contributed by atoms with E-state index in [1.165, 1.54) is 4.90 Å². The van der Waals surface area contributed by atoms with Gasteiger partial charge in [-0.3, -0.25) is 5.41 Å². The molecule has 0 unspecified atom stereocenters. The molecule has 1 rings (SSSR count). The van der Waals surface area contributed by atoms with E-state index in [2.05, 4.69) is 0 Å². The summed E-state index contributed by atoms with van der Waals surface area (Å²) < 4.78 is 0. The highest BCUT2D eigenvalue weighted by Gasteiger charge is 2.23. The molecule has 0 amide bonds. The first-order chi connectivity index (χ1) is 5.25. The van der Waals surface area contributed by atoms with Gasteiger partial charge < -0.3 is 5.73 Å². The number of guanidine groups is 1. The van der Waals surface area contributed by atoms with Gasteiger partial charge >= 0.3 is 0 Å². The normalized spacial score (nSPS) is 17.7. The molecule has 11 heavy (non-hydrogen) atoms. The van der Waals surface area contributed by atoms with E-state index in [0.717, 1.165) is 25.7 Å². The van der Waals surface area contributed by atoms with E-state index < -0.39 is 0 Å². The smallest absolute Gasteiger partial charge is 0.202 e. The summed E-state index contributed by atoms with van der Waals surface area (Å²) in [6.45, 7) is 0. The van der Waals surface area contributed by atoms with Gasteiger partial charge in [-0.2, -0.15) is 5.26 Å². The minimum Gasteiger partial charge on any atom is -0.369 e. The maximum absolute atomic E-state index is 8.61. The zero-order valence-corrected chi connectivity index (χ0v) is 6.38. The lowest BCUT2D eigenvalue weighted by Crippen LogP contribution is -2.39. The highest BCUT2D eigenvalue weighted by atomic mass is 15.2. The summed E-state index contributed by atoms with van der Waals surface area (Å²) in [6.07, 6.45) is 6.21. The largest absolute Gasteiger partial charge is 0.369 e. The van der Waals surface area contributed by atoms with Gasteiger partial charge in [-0.05, 0) is 12.8 Å². The van der Waals surface area contributed by atoms with Crippen LogP contribution >= 0.6 is 0 Å². The topological polar surface area (TPSA) is 76.9 Å². The summed E-state index contributed by atoms with van der Waals surface area (Å²) in [5.74, 6) is -0.126. The van der Waals surface area contributed by atoms with Crippen molar-refractivity contribution in [3.8, 4) is 6.19 Å². The predicted octanol–water partition coefficient (Wildman–Crippen LogP) is 0.606. The minimum atomic E-state index is -0.126. The summed E-state index contributed by atoms with van der Waals surface area (Å²) in [5.41, 5.74) is 5.21. The molecular formula is C7H12N4. The Morgan fingerprint density at radius 2 is 2.09 bits per heavy atom. The van der Waals surface area contributed by atoms with Crippen LogP contribution in [0, 0.1) is 16.9 Å². The molecule has 4 heteroatoms.